The summed E-state index contributed by atoms with van der Waals surface area (Å²) < 4.78 is 13.2. The maximum Gasteiger partial charge on any atom is 0.292 e. The van der Waals surface area contributed by atoms with Crippen LogP contribution in [0.25, 0.3) is 0 Å². The Morgan fingerprint density at radius 3 is 2.68 bits per heavy atom. The standard InChI is InChI=1S/C14H19FN2O2/c1-14(7-3-2-4-8-14)10-16-12-9-11(15)5-6-13(12)17(18)19/h5-6,9,16H,2-4,7-8,10H2,1H3. The highest BCUT2D eigenvalue weighted by Gasteiger charge is 2.27. The normalized spacial score (nSPS) is 18.0. The zero-order valence-corrected chi connectivity index (χ0v) is 11.1. The van der Waals surface area contributed by atoms with Crippen molar-refractivity contribution >= 4 is 11.4 Å². The second-order valence-corrected chi connectivity index (χ2v) is 5.64. The number of rotatable bonds is 4. The van der Waals surface area contributed by atoms with E-state index in [1.54, 1.807) is 0 Å². The molecule has 104 valence electrons. The summed E-state index contributed by atoms with van der Waals surface area (Å²) >= 11 is 0. The van der Waals surface area contributed by atoms with Gasteiger partial charge in [0.2, 0.25) is 0 Å². The van der Waals surface area contributed by atoms with Gasteiger partial charge in [0.05, 0.1) is 4.92 Å². The molecule has 0 aliphatic heterocycles. The van der Waals surface area contributed by atoms with Crippen LogP contribution in [0.3, 0.4) is 0 Å². The van der Waals surface area contributed by atoms with E-state index in [1.807, 2.05) is 0 Å². The van der Waals surface area contributed by atoms with Gasteiger partial charge >= 0.3 is 0 Å². The predicted molar refractivity (Wildman–Crippen MR) is 72.7 cm³/mol. The van der Waals surface area contributed by atoms with Gasteiger partial charge in [0.15, 0.2) is 0 Å². The average molecular weight is 266 g/mol. The Morgan fingerprint density at radius 1 is 1.37 bits per heavy atom. The summed E-state index contributed by atoms with van der Waals surface area (Å²) in [6.45, 7) is 2.83. The van der Waals surface area contributed by atoms with Gasteiger partial charge in [-0.2, -0.15) is 0 Å². The second-order valence-electron chi connectivity index (χ2n) is 5.64. The van der Waals surface area contributed by atoms with Gasteiger partial charge in [-0.15, -0.1) is 0 Å². The van der Waals surface area contributed by atoms with E-state index in [1.165, 1.54) is 31.4 Å². The van der Waals surface area contributed by atoms with Crippen molar-refractivity contribution in [3.8, 4) is 0 Å². The van der Waals surface area contributed by atoms with Crippen LogP contribution in [0.15, 0.2) is 18.2 Å². The SMILES string of the molecule is CC1(CNc2cc(F)ccc2[N+](=O)[O-])CCCCC1. The van der Waals surface area contributed by atoms with Crippen molar-refractivity contribution in [3.63, 3.8) is 0 Å². The van der Waals surface area contributed by atoms with E-state index >= 15 is 0 Å². The molecule has 0 bridgehead atoms. The molecule has 19 heavy (non-hydrogen) atoms. The smallest absolute Gasteiger partial charge is 0.292 e. The quantitative estimate of drug-likeness (QED) is 0.659. The maximum absolute atomic E-state index is 13.2. The van der Waals surface area contributed by atoms with E-state index in [0.29, 0.717) is 6.54 Å². The number of benzene rings is 1. The molecule has 1 saturated carbocycles. The van der Waals surface area contributed by atoms with E-state index in [2.05, 4.69) is 12.2 Å². The van der Waals surface area contributed by atoms with Crippen LogP contribution in [0.2, 0.25) is 0 Å². The molecule has 0 saturated heterocycles. The molecule has 0 unspecified atom stereocenters. The van der Waals surface area contributed by atoms with Gasteiger partial charge in [-0.25, -0.2) is 4.39 Å². The predicted octanol–water partition coefficient (Wildman–Crippen LogP) is 4.12. The lowest BCUT2D eigenvalue weighted by molar-refractivity contribution is -0.384. The Hall–Kier alpha value is -1.65. The Bertz CT molecular complexity index is 471. The van der Waals surface area contributed by atoms with Gasteiger partial charge in [-0.1, -0.05) is 26.2 Å². The van der Waals surface area contributed by atoms with Crippen molar-refractivity contribution in [3.05, 3.63) is 34.1 Å². The fraction of sp³-hybridized carbons (Fsp3) is 0.571. The molecule has 1 aromatic rings. The first-order valence-corrected chi connectivity index (χ1v) is 6.68. The molecule has 0 spiro atoms. The molecule has 1 aliphatic carbocycles. The topological polar surface area (TPSA) is 55.2 Å². The van der Waals surface area contributed by atoms with Crippen LogP contribution in [0.1, 0.15) is 39.0 Å². The summed E-state index contributed by atoms with van der Waals surface area (Å²) in [7, 11) is 0. The summed E-state index contributed by atoms with van der Waals surface area (Å²) in [5.74, 6) is -0.457. The summed E-state index contributed by atoms with van der Waals surface area (Å²) in [5.41, 5.74) is 0.357. The van der Waals surface area contributed by atoms with E-state index in [-0.39, 0.29) is 16.8 Å². The van der Waals surface area contributed by atoms with Gasteiger partial charge in [-0.05, 0) is 24.3 Å². The number of nitrogens with zero attached hydrogens (tertiary/aromatic N) is 1. The molecule has 0 atom stereocenters. The molecule has 0 heterocycles. The molecule has 1 aliphatic rings. The highest BCUT2D eigenvalue weighted by molar-refractivity contribution is 5.61. The fourth-order valence-corrected chi connectivity index (χ4v) is 2.70. The minimum Gasteiger partial charge on any atom is -0.379 e. The summed E-state index contributed by atoms with van der Waals surface area (Å²) in [4.78, 5) is 10.4. The molecular weight excluding hydrogens is 247 g/mol. The Balaban J connectivity index is 2.10. The minimum atomic E-state index is -0.481. The fourth-order valence-electron chi connectivity index (χ4n) is 2.70. The zero-order chi connectivity index (χ0) is 13.9. The molecule has 1 fully saturated rings. The molecule has 0 amide bonds. The van der Waals surface area contributed by atoms with E-state index < -0.39 is 10.7 Å². The van der Waals surface area contributed by atoms with Crippen molar-refractivity contribution in [2.24, 2.45) is 5.41 Å². The van der Waals surface area contributed by atoms with Gasteiger partial charge in [-0.3, -0.25) is 10.1 Å². The monoisotopic (exact) mass is 266 g/mol. The lowest BCUT2D eigenvalue weighted by Crippen LogP contribution is -2.29. The molecule has 5 heteroatoms. The molecule has 4 nitrogen and oxygen atoms in total. The first kappa shape index (κ1) is 13.8. The van der Waals surface area contributed by atoms with Gasteiger partial charge in [0.1, 0.15) is 11.5 Å². The second kappa shape index (κ2) is 5.55. The van der Waals surface area contributed by atoms with Crippen molar-refractivity contribution in [2.45, 2.75) is 39.0 Å². The van der Waals surface area contributed by atoms with Crippen molar-refractivity contribution < 1.29 is 9.31 Å². The number of nitro benzene ring substituents is 1. The van der Waals surface area contributed by atoms with E-state index in [9.17, 15) is 14.5 Å². The Kier molecular flexibility index (Phi) is 4.02. The lowest BCUT2D eigenvalue weighted by atomic mass is 9.76. The third-order valence-electron chi connectivity index (χ3n) is 3.92. The molecule has 0 aromatic heterocycles. The third kappa shape index (κ3) is 3.43. The first-order valence-electron chi connectivity index (χ1n) is 6.68. The maximum atomic E-state index is 13.2. The number of hydrogen-bond donors (Lipinski definition) is 1. The summed E-state index contributed by atoms with van der Waals surface area (Å²) in [6.07, 6.45) is 5.88. The number of halogens is 1. The number of nitrogens with one attached hydrogen (secondary N) is 1. The van der Waals surface area contributed by atoms with Gasteiger partial charge in [0, 0.05) is 18.7 Å². The molecular formula is C14H19FN2O2. The highest BCUT2D eigenvalue weighted by Crippen LogP contribution is 2.36. The Morgan fingerprint density at radius 2 is 2.05 bits per heavy atom. The Labute approximate surface area is 112 Å². The van der Waals surface area contributed by atoms with Gasteiger partial charge in [0.25, 0.3) is 5.69 Å². The summed E-state index contributed by atoms with van der Waals surface area (Å²) in [6, 6.07) is 3.52. The van der Waals surface area contributed by atoms with Crippen LogP contribution < -0.4 is 5.32 Å². The first-order chi connectivity index (χ1) is 9.00. The largest absolute Gasteiger partial charge is 0.379 e. The van der Waals surface area contributed by atoms with Gasteiger partial charge < -0.3 is 5.32 Å². The minimum absolute atomic E-state index is 0.0687. The third-order valence-corrected chi connectivity index (χ3v) is 3.92. The van der Waals surface area contributed by atoms with Crippen molar-refractivity contribution in [1.29, 1.82) is 0 Å². The molecule has 1 N–H and O–H groups in total. The molecule has 1 aromatic carbocycles. The number of nitro groups is 1. The number of anilines is 1. The lowest BCUT2D eigenvalue weighted by Gasteiger charge is -2.33. The highest BCUT2D eigenvalue weighted by atomic mass is 19.1. The van der Waals surface area contributed by atoms with E-state index in [4.69, 9.17) is 0 Å². The van der Waals surface area contributed by atoms with Crippen LogP contribution in [0.5, 0.6) is 0 Å². The van der Waals surface area contributed by atoms with Crippen LogP contribution in [-0.4, -0.2) is 11.5 Å². The van der Waals surface area contributed by atoms with E-state index in [0.717, 1.165) is 18.9 Å². The van der Waals surface area contributed by atoms with Crippen LogP contribution in [0.4, 0.5) is 15.8 Å². The molecule has 0 radical (unpaired) electrons. The summed E-state index contributed by atoms with van der Waals surface area (Å²) in [5, 5.41) is 14.0. The van der Waals surface area contributed by atoms with Crippen LogP contribution in [0, 0.1) is 21.3 Å². The number of hydrogen-bond acceptors (Lipinski definition) is 3. The van der Waals surface area contributed by atoms with Crippen LogP contribution >= 0.6 is 0 Å². The van der Waals surface area contributed by atoms with Crippen molar-refractivity contribution in [1.82, 2.24) is 0 Å². The zero-order valence-electron chi connectivity index (χ0n) is 11.1. The van der Waals surface area contributed by atoms with Crippen LogP contribution in [-0.2, 0) is 0 Å². The van der Waals surface area contributed by atoms with Crippen molar-refractivity contribution in [2.75, 3.05) is 11.9 Å². The average Bonchev–Trinajstić information content (AvgIpc) is 2.37. The molecule has 2 rings (SSSR count).